The molecule has 0 aliphatic heterocycles. The van der Waals surface area contributed by atoms with Crippen LogP contribution in [0.5, 0.6) is 0 Å². The number of nitrogens with one attached hydrogen (secondary N) is 1. The minimum Gasteiger partial charge on any atom is -0.383 e. The van der Waals surface area contributed by atoms with Gasteiger partial charge in [0.2, 0.25) is 0 Å². The quantitative estimate of drug-likeness (QED) is 0.815. The first-order valence-electron chi connectivity index (χ1n) is 4.82. The topological polar surface area (TPSA) is 84.7 Å². The van der Waals surface area contributed by atoms with Crippen molar-refractivity contribution < 1.29 is 0 Å². The Bertz CT molecular complexity index is 572. The molecule has 2 rings (SSSR count). The van der Waals surface area contributed by atoms with Crippen molar-refractivity contribution in [1.82, 2.24) is 15.0 Å². The molecule has 0 saturated heterocycles. The Hall–Kier alpha value is -1.69. The van der Waals surface area contributed by atoms with Crippen molar-refractivity contribution in [2.24, 2.45) is 0 Å². The molecule has 0 radical (unpaired) electrons. The third kappa shape index (κ3) is 2.11. The van der Waals surface area contributed by atoms with E-state index in [9.17, 15) is 4.79 Å². The summed E-state index contributed by atoms with van der Waals surface area (Å²) in [7, 11) is 0. The number of hydrogen-bond donors (Lipinski definition) is 2. The Morgan fingerprint density at radius 1 is 1.44 bits per heavy atom. The Balaban J connectivity index is 2.32. The molecule has 2 heterocycles. The smallest absolute Gasteiger partial charge is 0.255 e. The lowest BCUT2D eigenvalue weighted by Crippen LogP contribution is -2.17. The fraction of sp³-hybridized carbons (Fsp3) is 0.300. The lowest BCUT2D eigenvalue weighted by Gasteiger charge is -2.01. The summed E-state index contributed by atoms with van der Waals surface area (Å²) in [5.41, 5.74) is 6.80. The van der Waals surface area contributed by atoms with Crippen LogP contribution in [0.25, 0.3) is 0 Å². The number of thiazole rings is 1. The molecule has 5 nitrogen and oxygen atoms in total. The Kier molecular flexibility index (Phi) is 2.74. The van der Waals surface area contributed by atoms with Crippen LogP contribution in [-0.2, 0) is 6.42 Å². The Labute approximate surface area is 96.4 Å². The zero-order chi connectivity index (χ0) is 11.7. The minimum absolute atomic E-state index is 0.186. The molecule has 0 amide bonds. The van der Waals surface area contributed by atoms with Crippen LogP contribution in [0, 0.1) is 13.8 Å². The maximum absolute atomic E-state index is 11.5. The number of hydrogen-bond acceptors (Lipinski definition) is 5. The van der Waals surface area contributed by atoms with E-state index in [-0.39, 0.29) is 11.4 Å². The molecule has 0 atom stereocenters. The van der Waals surface area contributed by atoms with E-state index >= 15 is 0 Å². The van der Waals surface area contributed by atoms with Crippen LogP contribution in [0.15, 0.2) is 10.2 Å². The largest absolute Gasteiger partial charge is 0.383 e. The first-order valence-corrected chi connectivity index (χ1v) is 5.70. The van der Waals surface area contributed by atoms with Crippen LogP contribution < -0.4 is 11.3 Å². The third-order valence-corrected chi connectivity index (χ3v) is 3.08. The fourth-order valence-electron chi connectivity index (χ4n) is 1.34. The number of aromatic nitrogens is 3. The molecule has 2 aromatic heterocycles. The molecular weight excluding hydrogens is 224 g/mol. The molecule has 0 unspecified atom stereocenters. The average molecular weight is 236 g/mol. The predicted octanol–water partition coefficient (Wildman–Crippen LogP) is 1.02. The van der Waals surface area contributed by atoms with E-state index in [2.05, 4.69) is 15.0 Å². The molecule has 0 saturated carbocycles. The molecule has 0 aliphatic rings. The monoisotopic (exact) mass is 236 g/mol. The van der Waals surface area contributed by atoms with E-state index in [0.717, 1.165) is 10.7 Å². The van der Waals surface area contributed by atoms with Gasteiger partial charge in [-0.15, -0.1) is 11.3 Å². The molecule has 0 bridgehead atoms. The first kappa shape index (κ1) is 10.8. The highest BCUT2D eigenvalue weighted by Crippen LogP contribution is 2.11. The van der Waals surface area contributed by atoms with Crippen molar-refractivity contribution in [2.45, 2.75) is 20.3 Å². The number of H-pyrrole nitrogens is 1. The molecule has 6 heteroatoms. The number of aryl methyl sites for hydroxylation is 1. The molecule has 0 aromatic carbocycles. The number of rotatable bonds is 2. The number of anilines is 1. The molecule has 0 fully saturated rings. The molecule has 84 valence electrons. The highest BCUT2D eigenvalue weighted by Gasteiger charge is 2.06. The molecule has 3 N–H and O–H groups in total. The van der Waals surface area contributed by atoms with Gasteiger partial charge in [-0.25, -0.2) is 9.97 Å². The second-order valence-corrected chi connectivity index (χ2v) is 4.62. The zero-order valence-electron chi connectivity index (χ0n) is 9.07. The van der Waals surface area contributed by atoms with Crippen molar-refractivity contribution in [1.29, 1.82) is 0 Å². The SMILES string of the molecule is Cc1nc(Cc2nc(N)c(C)c(=O)[nH]2)cs1. The lowest BCUT2D eigenvalue weighted by molar-refractivity contribution is 0.917. The summed E-state index contributed by atoms with van der Waals surface area (Å²) >= 11 is 1.57. The number of aromatic amines is 1. The first-order chi connectivity index (χ1) is 7.56. The van der Waals surface area contributed by atoms with Crippen LogP contribution in [0.1, 0.15) is 22.1 Å². The van der Waals surface area contributed by atoms with Crippen molar-refractivity contribution in [3.8, 4) is 0 Å². The van der Waals surface area contributed by atoms with Gasteiger partial charge in [0.05, 0.1) is 16.3 Å². The highest BCUT2D eigenvalue weighted by atomic mass is 32.1. The predicted molar refractivity (Wildman–Crippen MR) is 63.7 cm³/mol. The van der Waals surface area contributed by atoms with E-state index < -0.39 is 0 Å². The van der Waals surface area contributed by atoms with Crippen LogP contribution in [0.2, 0.25) is 0 Å². The summed E-state index contributed by atoms with van der Waals surface area (Å²) in [4.78, 5) is 22.6. The van der Waals surface area contributed by atoms with E-state index in [1.165, 1.54) is 0 Å². The second-order valence-electron chi connectivity index (χ2n) is 3.56. The van der Waals surface area contributed by atoms with Gasteiger partial charge in [0.1, 0.15) is 11.6 Å². The number of nitrogens with two attached hydrogens (primary N) is 1. The minimum atomic E-state index is -0.186. The molecule has 0 aliphatic carbocycles. The van der Waals surface area contributed by atoms with Gasteiger partial charge in [0.15, 0.2) is 0 Å². The number of nitrogen functional groups attached to an aromatic ring is 1. The third-order valence-electron chi connectivity index (χ3n) is 2.25. The van der Waals surface area contributed by atoms with E-state index in [4.69, 9.17) is 5.73 Å². The summed E-state index contributed by atoms with van der Waals surface area (Å²) in [6.07, 6.45) is 0.504. The summed E-state index contributed by atoms with van der Waals surface area (Å²) in [5, 5.41) is 2.95. The lowest BCUT2D eigenvalue weighted by atomic mass is 10.3. The van der Waals surface area contributed by atoms with Gasteiger partial charge in [-0.1, -0.05) is 0 Å². The zero-order valence-corrected chi connectivity index (χ0v) is 9.89. The summed E-state index contributed by atoms with van der Waals surface area (Å²) in [5.74, 6) is 0.837. The van der Waals surface area contributed by atoms with Crippen molar-refractivity contribution in [3.05, 3.63) is 37.8 Å². The van der Waals surface area contributed by atoms with Gasteiger partial charge in [0, 0.05) is 11.8 Å². The molecule has 0 spiro atoms. The normalized spacial score (nSPS) is 10.6. The van der Waals surface area contributed by atoms with E-state index in [1.54, 1.807) is 18.3 Å². The van der Waals surface area contributed by atoms with Crippen LogP contribution >= 0.6 is 11.3 Å². The molecular formula is C10H12N4OS. The van der Waals surface area contributed by atoms with Gasteiger partial charge in [-0.3, -0.25) is 4.79 Å². The van der Waals surface area contributed by atoms with Crippen molar-refractivity contribution >= 4 is 17.2 Å². The van der Waals surface area contributed by atoms with E-state index in [0.29, 0.717) is 17.8 Å². The van der Waals surface area contributed by atoms with Crippen molar-refractivity contribution in [3.63, 3.8) is 0 Å². The van der Waals surface area contributed by atoms with Gasteiger partial charge < -0.3 is 10.7 Å². The second kappa shape index (κ2) is 4.05. The standard InChI is InChI=1S/C10H12N4OS/c1-5-9(11)13-8(14-10(5)15)3-7-4-16-6(2)12-7/h4H,3H2,1-2H3,(H3,11,13,14,15). The van der Waals surface area contributed by atoms with Crippen LogP contribution in [0.4, 0.5) is 5.82 Å². The van der Waals surface area contributed by atoms with E-state index in [1.807, 2.05) is 12.3 Å². The van der Waals surface area contributed by atoms with Crippen LogP contribution in [0.3, 0.4) is 0 Å². The molecule has 16 heavy (non-hydrogen) atoms. The van der Waals surface area contributed by atoms with Gasteiger partial charge in [-0.2, -0.15) is 0 Å². The summed E-state index contributed by atoms with van der Waals surface area (Å²) in [6.45, 7) is 3.59. The molecule has 2 aromatic rings. The maximum Gasteiger partial charge on any atom is 0.255 e. The van der Waals surface area contributed by atoms with Crippen molar-refractivity contribution in [2.75, 3.05) is 5.73 Å². The summed E-state index contributed by atoms with van der Waals surface area (Å²) < 4.78 is 0. The van der Waals surface area contributed by atoms with Gasteiger partial charge in [-0.05, 0) is 13.8 Å². The average Bonchev–Trinajstić information content (AvgIpc) is 2.60. The van der Waals surface area contributed by atoms with Gasteiger partial charge >= 0.3 is 0 Å². The highest BCUT2D eigenvalue weighted by molar-refractivity contribution is 7.09. The van der Waals surface area contributed by atoms with Gasteiger partial charge in [0.25, 0.3) is 5.56 Å². The Morgan fingerprint density at radius 3 is 2.75 bits per heavy atom. The Morgan fingerprint density at radius 2 is 2.19 bits per heavy atom. The fourth-order valence-corrected chi connectivity index (χ4v) is 1.96. The maximum atomic E-state index is 11.5. The summed E-state index contributed by atoms with van der Waals surface area (Å²) in [6, 6.07) is 0. The number of nitrogens with zero attached hydrogens (tertiary/aromatic N) is 2. The van der Waals surface area contributed by atoms with Crippen LogP contribution in [-0.4, -0.2) is 15.0 Å².